The van der Waals surface area contributed by atoms with Crippen LogP contribution in [0.2, 0.25) is 0 Å². The molecule has 0 amide bonds. The van der Waals surface area contributed by atoms with E-state index in [1.807, 2.05) is 0 Å². The van der Waals surface area contributed by atoms with Gasteiger partial charge in [-0.2, -0.15) is 4.98 Å². The quantitative estimate of drug-likeness (QED) is 0.165. The summed E-state index contributed by atoms with van der Waals surface area (Å²) in [5.41, 5.74) is 4.88. The molecule has 1 fully saturated rings. The number of hydrogen-bond acceptors (Lipinski definition) is 8. The molecule has 1 aliphatic heterocycles. The van der Waals surface area contributed by atoms with Gasteiger partial charge in [0, 0.05) is 0 Å². The van der Waals surface area contributed by atoms with Gasteiger partial charge in [0.15, 0.2) is 0 Å². The van der Waals surface area contributed by atoms with Gasteiger partial charge in [0.1, 0.15) is 18.8 Å². The Morgan fingerprint density at radius 3 is 2.00 bits per heavy atom. The van der Waals surface area contributed by atoms with Gasteiger partial charge in [0.05, 0.1) is 19.8 Å². The Morgan fingerprint density at radius 1 is 0.971 bits per heavy atom. The highest BCUT2D eigenvalue weighted by Crippen LogP contribution is 2.51. The third kappa shape index (κ3) is 13.6. The molecule has 2 atom stereocenters. The number of rotatable bonds is 20. The highest BCUT2D eigenvalue weighted by Gasteiger charge is 2.33. The maximum absolute atomic E-state index is 12.6. The number of nitrogens with two attached hydrogens (primary N) is 1. The number of aromatic nitrogens is 3. The minimum Gasteiger partial charge on any atom is -0.368 e. The number of nitrogen functional groups attached to an aromatic ring is 1. The van der Waals surface area contributed by atoms with Crippen LogP contribution in [0.15, 0.2) is 11.1 Å². The fourth-order valence-corrected chi connectivity index (χ4v) is 5.64. The first kappa shape index (κ1) is 29.9. The molecule has 35 heavy (non-hydrogen) atoms. The van der Waals surface area contributed by atoms with Crippen LogP contribution in [0.4, 0.5) is 5.95 Å². The van der Waals surface area contributed by atoms with Crippen LogP contribution in [0.5, 0.6) is 0 Å². The van der Waals surface area contributed by atoms with Crippen LogP contribution in [-0.2, 0) is 24.9 Å². The van der Waals surface area contributed by atoms with Crippen molar-refractivity contribution in [3.8, 4) is 0 Å². The molecule has 202 valence electrons. The number of unbranched alkanes of at least 4 members (excludes halogenated alkanes) is 15. The normalized spacial score (nSPS) is 20.3. The van der Waals surface area contributed by atoms with Crippen LogP contribution in [-0.4, -0.2) is 40.2 Å². The predicted octanol–water partition coefficient (Wildman–Crippen LogP) is 6.06. The summed E-state index contributed by atoms with van der Waals surface area (Å²) >= 11 is 0. The molecule has 10 heteroatoms. The average Bonchev–Trinajstić information content (AvgIpc) is 2.84. The first-order chi connectivity index (χ1) is 17.0. The lowest BCUT2D eigenvalue weighted by molar-refractivity contribution is -0.0147. The van der Waals surface area contributed by atoms with Crippen LogP contribution < -0.4 is 11.4 Å². The minimum absolute atomic E-state index is 0.0703. The number of nitrogens with zero attached hydrogens (tertiary/aromatic N) is 3. The number of ether oxygens (including phenoxy) is 1. The molecule has 0 aliphatic carbocycles. The van der Waals surface area contributed by atoms with Gasteiger partial charge in [0.25, 0.3) is 0 Å². The summed E-state index contributed by atoms with van der Waals surface area (Å²) in [7, 11) is -3.23. The molecule has 0 spiro atoms. The summed E-state index contributed by atoms with van der Waals surface area (Å²) in [6, 6.07) is 0. The minimum atomic E-state index is -3.23. The first-order valence-electron chi connectivity index (χ1n) is 13.7. The standard InChI is InChI=1S/C25H47N4O5P/c1-2-3-4-5-6-7-8-9-10-11-12-13-14-15-16-17-18-33-35(31)22-32-23(20-34-35)19-29-21-27-24(26)28-25(29)30/h21,23H,2-20,22H2,1H3,(H2,26,28,30)/t23-,35?/m0/s1. The van der Waals surface area contributed by atoms with E-state index in [0.717, 1.165) is 12.8 Å². The van der Waals surface area contributed by atoms with E-state index in [9.17, 15) is 9.36 Å². The van der Waals surface area contributed by atoms with E-state index in [0.29, 0.717) is 6.61 Å². The predicted molar refractivity (Wildman–Crippen MR) is 140 cm³/mol. The largest absolute Gasteiger partial charge is 0.368 e. The highest BCUT2D eigenvalue weighted by molar-refractivity contribution is 7.53. The molecular weight excluding hydrogens is 467 g/mol. The zero-order valence-electron chi connectivity index (χ0n) is 21.7. The number of hydrogen-bond donors (Lipinski definition) is 1. The molecule has 2 heterocycles. The molecule has 2 rings (SSSR count). The number of anilines is 1. The van der Waals surface area contributed by atoms with Crippen molar-refractivity contribution in [2.45, 2.75) is 122 Å². The van der Waals surface area contributed by atoms with Crippen molar-refractivity contribution in [1.29, 1.82) is 0 Å². The van der Waals surface area contributed by atoms with Crippen LogP contribution >= 0.6 is 7.60 Å². The Morgan fingerprint density at radius 2 is 1.51 bits per heavy atom. The Bertz CT molecular complexity index is 779. The summed E-state index contributed by atoms with van der Waals surface area (Å²) < 4.78 is 30.5. The third-order valence-corrected chi connectivity index (χ3v) is 7.98. The van der Waals surface area contributed by atoms with E-state index in [4.69, 9.17) is 19.5 Å². The molecule has 0 bridgehead atoms. The molecule has 1 aromatic rings. The van der Waals surface area contributed by atoms with Crippen molar-refractivity contribution in [3.63, 3.8) is 0 Å². The Kier molecular flexibility index (Phi) is 15.4. The topological polar surface area (TPSA) is 119 Å². The maximum atomic E-state index is 12.6. The van der Waals surface area contributed by atoms with Crippen LogP contribution in [0, 0.1) is 0 Å². The summed E-state index contributed by atoms with van der Waals surface area (Å²) in [5.74, 6) is -0.0703. The maximum Gasteiger partial charge on any atom is 0.356 e. The lowest BCUT2D eigenvalue weighted by Crippen LogP contribution is -2.35. The first-order valence-corrected chi connectivity index (χ1v) is 15.4. The average molecular weight is 515 g/mol. The van der Waals surface area contributed by atoms with E-state index in [2.05, 4.69) is 16.9 Å². The molecule has 1 saturated heterocycles. The van der Waals surface area contributed by atoms with E-state index in [1.165, 1.54) is 101 Å². The molecular formula is C25H47N4O5P. The molecule has 0 radical (unpaired) electrons. The lowest BCUT2D eigenvalue weighted by atomic mass is 10.0. The molecule has 9 nitrogen and oxygen atoms in total. The van der Waals surface area contributed by atoms with Crippen molar-refractivity contribution < 1.29 is 18.3 Å². The fourth-order valence-electron chi connectivity index (χ4n) is 4.23. The summed E-state index contributed by atoms with van der Waals surface area (Å²) in [6.45, 7) is 2.98. The summed E-state index contributed by atoms with van der Waals surface area (Å²) in [6.07, 6.45) is 21.7. The second-order valence-corrected chi connectivity index (χ2v) is 11.6. The Labute approximate surface area is 211 Å². The molecule has 2 N–H and O–H groups in total. The smallest absolute Gasteiger partial charge is 0.356 e. The summed E-state index contributed by atoms with van der Waals surface area (Å²) in [4.78, 5) is 19.2. The van der Waals surface area contributed by atoms with Crippen LogP contribution in [0.3, 0.4) is 0 Å². The van der Waals surface area contributed by atoms with E-state index in [1.54, 1.807) is 0 Å². The van der Waals surface area contributed by atoms with Gasteiger partial charge in [-0.1, -0.05) is 103 Å². The molecule has 0 saturated carbocycles. The van der Waals surface area contributed by atoms with Gasteiger partial charge in [-0.05, 0) is 6.42 Å². The van der Waals surface area contributed by atoms with E-state index < -0.39 is 19.4 Å². The fraction of sp³-hybridized carbons (Fsp3) is 0.880. The van der Waals surface area contributed by atoms with Crippen molar-refractivity contribution in [3.05, 3.63) is 16.8 Å². The van der Waals surface area contributed by atoms with Crippen LogP contribution in [0.25, 0.3) is 0 Å². The molecule has 1 aromatic heterocycles. The Hall–Kier alpha value is -1.28. The second kappa shape index (κ2) is 18.0. The van der Waals surface area contributed by atoms with Gasteiger partial charge in [-0.15, -0.1) is 0 Å². The zero-order chi connectivity index (χ0) is 25.2. The van der Waals surface area contributed by atoms with E-state index >= 15 is 0 Å². The highest BCUT2D eigenvalue weighted by atomic mass is 31.2. The van der Waals surface area contributed by atoms with Crippen molar-refractivity contribution in [2.75, 3.05) is 25.3 Å². The van der Waals surface area contributed by atoms with Crippen LogP contribution in [0.1, 0.15) is 110 Å². The third-order valence-electron chi connectivity index (χ3n) is 6.40. The van der Waals surface area contributed by atoms with Crippen molar-refractivity contribution in [2.24, 2.45) is 0 Å². The molecule has 1 unspecified atom stereocenters. The van der Waals surface area contributed by atoms with Gasteiger partial charge in [-0.25, -0.2) is 9.78 Å². The van der Waals surface area contributed by atoms with E-state index in [-0.39, 0.29) is 25.4 Å². The van der Waals surface area contributed by atoms with Crippen molar-refractivity contribution >= 4 is 13.5 Å². The summed E-state index contributed by atoms with van der Waals surface area (Å²) in [5, 5.41) is 0. The van der Waals surface area contributed by atoms with Gasteiger partial charge in [-0.3, -0.25) is 9.13 Å². The Balaban J connectivity index is 1.38. The second-order valence-electron chi connectivity index (χ2n) is 9.61. The molecule has 0 aromatic carbocycles. The van der Waals surface area contributed by atoms with Crippen molar-refractivity contribution in [1.82, 2.24) is 14.5 Å². The lowest BCUT2D eigenvalue weighted by Gasteiger charge is -2.29. The SMILES string of the molecule is CCCCCCCCCCCCCCCCCCOP1(=O)CO[C@@H](Cn2cnc(N)nc2=O)CO1. The van der Waals surface area contributed by atoms with Gasteiger partial charge < -0.3 is 19.5 Å². The zero-order valence-corrected chi connectivity index (χ0v) is 22.6. The monoisotopic (exact) mass is 514 g/mol. The van der Waals surface area contributed by atoms with Gasteiger partial charge >= 0.3 is 13.3 Å². The molecule has 1 aliphatic rings. The van der Waals surface area contributed by atoms with Gasteiger partial charge in [0.2, 0.25) is 5.95 Å².